The lowest BCUT2D eigenvalue weighted by Gasteiger charge is -2.33. The first kappa shape index (κ1) is 16.0. The van der Waals surface area contributed by atoms with Gasteiger partial charge in [0.05, 0.1) is 11.0 Å². The van der Waals surface area contributed by atoms with Crippen molar-refractivity contribution in [3.8, 4) is 0 Å². The van der Waals surface area contributed by atoms with Gasteiger partial charge in [-0.05, 0) is 56.8 Å². The summed E-state index contributed by atoms with van der Waals surface area (Å²) in [4.78, 5) is 11.0. The SMILES string of the molecule is O=[N+]([O-])c1ccccc1CC(NC1CCOC(C2CC2)C1)C1CC1. The molecule has 4 rings (SSSR count). The molecule has 130 valence electrons. The van der Waals surface area contributed by atoms with Crippen molar-refractivity contribution in [2.24, 2.45) is 11.8 Å². The van der Waals surface area contributed by atoms with Gasteiger partial charge in [-0.25, -0.2) is 0 Å². The zero-order valence-electron chi connectivity index (χ0n) is 14.0. The average molecular weight is 330 g/mol. The maximum atomic E-state index is 11.3. The Kier molecular flexibility index (Phi) is 4.55. The zero-order chi connectivity index (χ0) is 16.5. The summed E-state index contributed by atoms with van der Waals surface area (Å²) in [6, 6.07) is 8.04. The Bertz CT molecular complexity index is 598. The molecule has 1 heterocycles. The molecule has 0 bridgehead atoms. The molecule has 1 aromatic carbocycles. The summed E-state index contributed by atoms with van der Waals surface area (Å²) >= 11 is 0. The van der Waals surface area contributed by atoms with Gasteiger partial charge in [0, 0.05) is 30.3 Å². The minimum Gasteiger partial charge on any atom is -0.378 e. The van der Waals surface area contributed by atoms with E-state index in [4.69, 9.17) is 4.74 Å². The van der Waals surface area contributed by atoms with Gasteiger partial charge in [0.1, 0.15) is 0 Å². The van der Waals surface area contributed by atoms with Gasteiger partial charge < -0.3 is 10.1 Å². The Morgan fingerprint density at radius 3 is 2.71 bits per heavy atom. The van der Waals surface area contributed by atoms with Gasteiger partial charge in [-0.2, -0.15) is 0 Å². The molecule has 3 unspecified atom stereocenters. The van der Waals surface area contributed by atoms with Crippen LogP contribution in [0.5, 0.6) is 0 Å². The van der Waals surface area contributed by atoms with Crippen LogP contribution in [0.1, 0.15) is 44.1 Å². The first-order chi connectivity index (χ1) is 11.7. The number of hydrogen-bond acceptors (Lipinski definition) is 4. The maximum absolute atomic E-state index is 11.3. The van der Waals surface area contributed by atoms with E-state index in [0.29, 0.717) is 24.1 Å². The van der Waals surface area contributed by atoms with Gasteiger partial charge in [0.15, 0.2) is 0 Å². The Morgan fingerprint density at radius 2 is 2.00 bits per heavy atom. The number of nitro groups is 1. The van der Waals surface area contributed by atoms with E-state index in [9.17, 15) is 10.1 Å². The summed E-state index contributed by atoms with van der Waals surface area (Å²) in [7, 11) is 0. The number of para-hydroxylation sites is 1. The third-order valence-corrected chi connectivity index (χ3v) is 5.73. The lowest BCUT2D eigenvalue weighted by atomic mass is 9.95. The standard InChI is InChI=1S/C19H26N2O3/c22-21(23)18-4-2-1-3-15(18)11-17(13-5-6-13)20-16-9-10-24-19(12-16)14-7-8-14/h1-4,13-14,16-17,19-20H,5-12H2. The predicted octanol–water partition coefficient (Wildman–Crippen LogP) is 3.46. The lowest BCUT2D eigenvalue weighted by molar-refractivity contribution is -0.385. The Labute approximate surface area is 142 Å². The molecule has 1 aliphatic heterocycles. The van der Waals surface area contributed by atoms with Crippen LogP contribution in [-0.2, 0) is 11.2 Å². The van der Waals surface area contributed by atoms with Crippen LogP contribution in [0.15, 0.2) is 24.3 Å². The second kappa shape index (κ2) is 6.81. The number of nitrogens with one attached hydrogen (secondary N) is 1. The van der Waals surface area contributed by atoms with Crippen LogP contribution in [0.25, 0.3) is 0 Å². The van der Waals surface area contributed by atoms with Gasteiger partial charge in [-0.1, -0.05) is 18.2 Å². The van der Waals surface area contributed by atoms with Crippen LogP contribution in [0.2, 0.25) is 0 Å². The lowest BCUT2D eigenvalue weighted by Crippen LogP contribution is -2.46. The normalized spacial score (nSPS) is 28.5. The van der Waals surface area contributed by atoms with Crippen LogP contribution < -0.4 is 5.32 Å². The molecule has 1 aromatic rings. The van der Waals surface area contributed by atoms with Crippen LogP contribution in [0, 0.1) is 22.0 Å². The zero-order valence-corrected chi connectivity index (χ0v) is 14.0. The largest absolute Gasteiger partial charge is 0.378 e. The summed E-state index contributed by atoms with van der Waals surface area (Å²) in [5.74, 6) is 1.45. The third kappa shape index (κ3) is 3.78. The van der Waals surface area contributed by atoms with Crippen LogP contribution in [-0.4, -0.2) is 29.7 Å². The minimum atomic E-state index is -0.253. The number of benzene rings is 1. The highest BCUT2D eigenvalue weighted by atomic mass is 16.6. The van der Waals surface area contributed by atoms with Crippen LogP contribution >= 0.6 is 0 Å². The summed E-state index contributed by atoms with van der Waals surface area (Å²) in [5, 5.41) is 15.1. The van der Waals surface area contributed by atoms with Crippen molar-refractivity contribution in [2.45, 2.75) is 63.1 Å². The molecular weight excluding hydrogens is 304 g/mol. The Morgan fingerprint density at radius 1 is 1.21 bits per heavy atom. The van der Waals surface area contributed by atoms with E-state index in [2.05, 4.69) is 5.32 Å². The van der Waals surface area contributed by atoms with Crippen molar-refractivity contribution in [1.82, 2.24) is 5.32 Å². The van der Waals surface area contributed by atoms with Crippen molar-refractivity contribution in [3.05, 3.63) is 39.9 Å². The van der Waals surface area contributed by atoms with Gasteiger partial charge >= 0.3 is 0 Å². The van der Waals surface area contributed by atoms with E-state index < -0.39 is 0 Å². The smallest absolute Gasteiger partial charge is 0.272 e. The molecule has 3 aliphatic rings. The highest BCUT2D eigenvalue weighted by Crippen LogP contribution is 2.39. The third-order valence-electron chi connectivity index (χ3n) is 5.73. The van der Waals surface area contributed by atoms with E-state index in [0.717, 1.165) is 37.4 Å². The van der Waals surface area contributed by atoms with E-state index in [-0.39, 0.29) is 10.6 Å². The molecule has 1 N–H and O–H groups in total. The molecule has 0 amide bonds. The quantitative estimate of drug-likeness (QED) is 0.614. The number of nitrogens with zero attached hydrogens (tertiary/aromatic N) is 1. The molecular formula is C19H26N2O3. The van der Waals surface area contributed by atoms with Gasteiger partial charge in [-0.15, -0.1) is 0 Å². The Balaban J connectivity index is 1.42. The first-order valence-corrected chi connectivity index (χ1v) is 9.30. The van der Waals surface area contributed by atoms with Crippen molar-refractivity contribution in [1.29, 1.82) is 0 Å². The van der Waals surface area contributed by atoms with E-state index in [1.807, 2.05) is 12.1 Å². The topological polar surface area (TPSA) is 64.4 Å². The van der Waals surface area contributed by atoms with E-state index in [1.165, 1.54) is 25.7 Å². The van der Waals surface area contributed by atoms with Crippen LogP contribution in [0.4, 0.5) is 5.69 Å². The van der Waals surface area contributed by atoms with Gasteiger partial charge in [0.2, 0.25) is 0 Å². The summed E-state index contributed by atoms with van der Waals surface area (Å²) in [5.41, 5.74) is 1.12. The highest BCUT2D eigenvalue weighted by Gasteiger charge is 2.38. The molecule has 5 heteroatoms. The van der Waals surface area contributed by atoms with Gasteiger partial charge in [0.25, 0.3) is 5.69 Å². The second-order valence-electron chi connectivity index (χ2n) is 7.67. The molecule has 3 fully saturated rings. The molecule has 3 atom stereocenters. The fourth-order valence-corrected chi connectivity index (χ4v) is 4.04. The predicted molar refractivity (Wildman–Crippen MR) is 91.9 cm³/mol. The van der Waals surface area contributed by atoms with Crippen molar-refractivity contribution in [2.75, 3.05) is 6.61 Å². The van der Waals surface area contributed by atoms with Crippen molar-refractivity contribution >= 4 is 5.69 Å². The fourth-order valence-electron chi connectivity index (χ4n) is 4.04. The number of nitro benzene ring substituents is 1. The first-order valence-electron chi connectivity index (χ1n) is 9.30. The average Bonchev–Trinajstić information content (AvgIpc) is 3.48. The molecule has 24 heavy (non-hydrogen) atoms. The summed E-state index contributed by atoms with van der Waals surface area (Å²) in [6.45, 7) is 0.849. The second-order valence-corrected chi connectivity index (χ2v) is 7.67. The Hall–Kier alpha value is -1.46. The minimum absolute atomic E-state index is 0.253. The van der Waals surface area contributed by atoms with Crippen LogP contribution in [0.3, 0.4) is 0 Å². The molecule has 2 aliphatic carbocycles. The monoisotopic (exact) mass is 330 g/mol. The molecule has 0 aromatic heterocycles. The number of rotatable bonds is 7. The summed E-state index contributed by atoms with van der Waals surface area (Å²) < 4.78 is 5.93. The molecule has 0 radical (unpaired) electrons. The molecule has 0 spiro atoms. The molecule has 5 nitrogen and oxygen atoms in total. The fraction of sp³-hybridized carbons (Fsp3) is 0.684. The maximum Gasteiger partial charge on any atom is 0.272 e. The van der Waals surface area contributed by atoms with Crippen molar-refractivity contribution in [3.63, 3.8) is 0 Å². The summed E-state index contributed by atoms with van der Waals surface area (Å²) in [6.07, 6.45) is 8.48. The van der Waals surface area contributed by atoms with E-state index in [1.54, 1.807) is 12.1 Å². The van der Waals surface area contributed by atoms with Crippen molar-refractivity contribution < 1.29 is 9.66 Å². The molecule has 2 saturated carbocycles. The van der Waals surface area contributed by atoms with Gasteiger partial charge in [-0.3, -0.25) is 10.1 Å². The number of hydrogen-bond donors (Lipinski definition) is 1. The number of ether oxygens (including phenoxy) is 1. The molecule has 1 saturated heterocycles. The van der Waals surface area contributed by atoms with E-state index >= 15 is 0 Å². The highest BCUT2D eigenvalue weighted by molar-refractivity contribution is 5.40.